The topological polar surface area (TPSA) is 77.0 Å². The van der Waals surface area contributed by atoms with E-state index in [1.54, 1.807) is 6.92 Å². The maximum Gasteiger partial charge on any atom is 0.305 e. The zero-order valence-corrected chi connectivity index (χ0v) is 11.7. The summed E-state index contributed by atoms with van der Waals surface area (Å²) < 4.78 is 16.2. The Morgan fingerprint density at radius 2 is 2.26 bits per heavy atom. The summed E-state index contributed by atoms with van der Waals surface area (Å²) in [5, 5.41) is 13.5. The van der Waals surface area contributed by atoms with Crippen LogP contribution in [0.15, 0.2) is 0 Å². The number of carbonyl (C=O) groups excluding carboxylic acids is 1. The SMILES string of the molecule is CCOC(=O)CC[C@@H]1N[C@@H]2COC(C)(C)O[C@@H]2[C@@H]1O. The van der Waals surface area contributed by atoms with Crippen LogP contribution in [0.4, 0.5) is 0 Å². The number of rotatable bonds is 4. The van der Waals surface area contributed by atoms with Crippen LogP contribution in [0.25, 0.3) is 0 Å². The Morgan fingerprint density at radius 1 is 1.53 bits per heavy atom. The van der Waals surface area contributed by atoms with Crippen LogP contribution in [0, 0.1) is 0 Å². The van der Waals surface area contributed by atoms with E-state index in [0.29, 0.717) is 26.1 Å². The lowest BCUT2D eigenvalue weighted by Gasteiger charge is -2.38. The van der Waals surface area contributed by atoms with Crippen molar-refractivity contribution in [1.82, 2.24) is 5.32 Å². The van der Waals surface area contributed by atoms with Crippen molar-refractivity contribution >= 4 is 5.97 Å². The van der Waals surface area contributed by atoms with Crippen LogP contribution in [0.2, 0.25) is 0 Å². The smallest absolute Gasteiger partial charge is 0.305 e. The number of aliphatic hydroxyl groups is 1. The monoisotopic (exact) mass is 273 g/mol. The van der Waals surface area contributed by atoms with Gasteiger partial charge in [0.25, 0.3) is 0 Å². The molecule has 2 rings (SSSR count). The summed E-state index contributed by atoms with van der Waals surface area (Å²) in [5.74, 6) is -0.899. The highest BCUT2D eigenvalue weighted by molar-refractivity contribution is 5.69. The number of hydrogen-bond donors (Lipinski definition) is 2. The molecule has 2 fully saturated rings. The zero-order chi connectivity index (χ0) is 14.0. The molecule has 0 aromatic carbocycles. The number of nitrogens with one attached hydrogen (secondary N) is 1. The number of ether oxygens (including phenoxy) is 3. The summed E-state index contributed by atoms with van der Waals surface area (Å²) in [6, 6.07) is -0.174. The average Bonchev–Trinajstić information content (AvgIpc) is 2.63. The summed E-state index contributed by atoms with van der Waals surface area (Å²) in [6.45, 7) is 6.34. The minimum absolute atomic E-state index is 0.0183. The summed E-state index contributed by atoms with van der Waals surface area (Å²) in [4.78, 5) is 11.3. The van der Waals surface area contributed by atoms with Gasteiger partial charge in [0.05, 0.1) is 25.4 Å². The Balaban J connectivity index is 1.86. The predicted molar refractivity (Wildman–Crippen MR) is 67.5 cm³/mol. The van der Waals surface area contributed by atoms with E-state index >= 15 is 0 Å². The largest absolute Gasteiger partial charge is 0.466 e. The molecule has 0 aliphatic carbocycles. The summed E-state index contributed by atoms with van der Waals surface area (Å²) in [6.07, 6.45) is -0.0678. The van der Waals surface area contributed by atoms with Crippen molar-refractivity contribution in [3.05, 3.63) is 0 Å². The molecule has 0 unspecified atom stereocenters. The van der Waals surface area contributed by atoms with Gasteiger partial charge < -0.3 is 24.6 Å². The second-order valence-corrected chi connectivity index (χ2v) is 5.51. The molecule has 2 aliphatic rings. The van der Waals surface area contributed by atoms with Gasteiger partial charge in [-0.15, -0.1) is 0 Å². The molecule has 0 saturated carbocycles. The van der Waals surface area contributed by atoms with Gasteiger partial charge in [-0.05, 0) is 27.2 Å². The van der Waals surface area contributed by atoms with Crippen LogP contribution in [0.1, 0.15) is 33.6 Å². The van der Waals surface area contributed by atoms with Gasteiger partial charge in [0.15, 0.2) is 5.79 Å². The molecule has 0 bridgehead atoms. The van der Waals surface area contributed by atoms with E-state index in [-0.39, 0.29) is 24.2 Å². The standard InChI is InChI=1S/C13H23NO5/c1-4-17-10(15)6-5-8-11(16)12-9(14-8)7-18-13(2,3)19-12/h8-9,11-12,14,16H,4-7H2,1-3H3/t8-,9+,11+,12-/m0/s1. The molecule has 4 atom stereocenters. The molecule has 2 N–H and O–H groups in total. The first-order valence-electron chi connectivity index (χ1n) is 6.84. The van der Waals surface area contributed by atoms with E-state index in [1.165, 1.54) is 0 Å². The first-order chi connectivity index (χ1) is 8.93. The van der Waals surface area contributed by atoms with E-state index in [2.05, 4.69) is 5.32 Å². The molecular formula is C13H23NO5. The van der Waals surface area contributed by atoms with Crippen molar-refractivity contribution in [1.29, 1.82) is 0 Å². The fraction of sp³-hybridized carbons (Fsp3) is 0.923. The molecule has 110 valence electrons. The van der Waals surface area contributed by atoms with Crippen LogP contribution >= 0.6 is 0 Å². The Kier molecular flexibility index (Phi) is 4.45. The van der Waals surface area contributed by atoms with Crippen molar-refractivity contribution in [2.24, 2.45) is 0 Å². The van der Waals surface area contributed by atoms with E-state index in [4.69, 9.17) is 14.2 Å². The number of carbonyl (C=O) groups is 1. The molecule has 2 heterocycles. The lowest BCUT2D eigenvalue weighted by Crippen LogP contribution is -2.51. The Hall–Kier alpha value is -0.690. The first-order valence-corrected chi connectivity index (χ1v) is 6.84. The van der Waals surface area contributed by atoms with Gasteiger partial charge in [-0.3, -0.25) is 4.79 Å². The van der Waals surface area contributed by atoms with Crippen LogP contribution < -0.4 is 5.32 Å². The van der Waals surface area contributed by atoms with E-state index in [0.717, 1.165) is 0 Å². The highest BCUT2D eigenvalue weighted by Crippen LogP contribution is 2.30. The van der Waals surface area contributed by atoms with E-state index in [9.17, 15) is 9.90 Å². The van der Waals surface area contributed by atoms with Crippen LogP contribution in [-0.2, 0) is 19.0 Å². The Labute approximate surface area is 113 Å². The van der Waals surface area contributed by atoms with Crippen LogP contribution in [0.5, 0.6) is 0 Å². The highest BCUT2D eigenvalue weighted by atomic mass is 16.7. The van der Waals surface area contributed by atoms with E-state index in [1.807, 2.05) is 13.8 Å². The third-order valence-corrected chi connectivity index (χ3v) is 3.57. The van der Waals surface area contributed by atoms with Crippen molar-refractivity contribution in [3.63, 3.8) is 0 Å². The van der Waals surface area contributed by atoms with Crippen molar-refractivity contribution in [3.8, 4) is 0 Å². The van der Waals surface area contributed by atoms with Crippen LogP contribution in [-0.4, -0.2) is 54.4 Å². The molecule has 19 heavy (non-hydrogen) atoms. The molecular weight excluding hydrogens is 250 g/mol. The molecule has 0 amide bonds. The summed E-state index contributed by atoms with van der Waals surface area (Å²) in [7, 11) is 0. The fourth-order valence-corrected chi connectivity index (χ4v) is 2.64. The maximum absolute atomic E-state index is 11.3. The van der Waals surface area contributed by atoms with Gasteiger partial charge in [0.2, 0.25) is 0 Å². The lowest BCUT2D eigenvalue weighted by molar-refractivity contribution is -0.286. The quantitative estimate of drug-likeness (QED) is 0.712. The van der Waals surface area contributed by atoms with Crippen molar-refractivity contribution in [2.75, 3.05) is 13.2 Å². The van der Waals surface area contributed by atoms with Crippen LogP contribution in [0.3, 0.4) is 0 Å². The molecule has 6 heteroatoms. The fourth-order valence-electron chi connectivity index (χ4n) is 2.64. The van der Waals surface area contributed by atoms with Gasteiger partial charge in [0, 0.05) is 12.5 Å². The number of hydrogen-bond acceptors (Lipinski definition) is 6. The average molecular weight is 273 g/mol. The van der Waals surface area contributed by atoms with Gasteiger partial charge >= 0.3 is 5.97 Å². The van der Waals surface area contributed by atoms with Gasteiger partial charge in [-0.1, -0.05) is 0 Å². The van der Waals surface area contributed by atoms with Crippen molar-refractivity contribution in [2.45, 2.75) is 63.7 Å². The normalized spacial score (nSPS) is 36.8. The maximum atomic E-state index is 11.3. The van der Waals surface area contributed by atoms with Gasteiger partial charge in [-0.2, -0.15) is 0 Å². The zero-order valence-electron chi connectivity index (χ0n) is 11.7. The molecule has 2 aliphatic heterocycles. The third kappa shape index (κ3) is 3.45. The molecule has 2 saturated heterocycles. The highest BCUT2D eigenvalue weighted by Gasteiger charge is 2.48. The number of esters is 1. The minimum atomic E-state index is -0.667. The molecule has 6 nitrogen and oxygen atoms in total. The second-order valence-electron chi connectivity index (χ2n) is 5.51. The van der Waals surface area contributed by atoms with Crippen molar-refractivity contribution < 1.29 is 24.1 Å². The van der Waals surface area contributed by atoms with Gasteiger partial charge in [0.1, 0.15) is 6.10 Å². The summed E-state index contributed by atoms with van der Waals surface area (Å²) in [5.41, 5.74) is 0. The second kappa shape index (κ2) is 5.75. The van der Waals surface area contributed by atoms with E-state index < -0.39 is 11.9 Å². The molecule has 0 radical (unpaired) electrons. The molecule has 0 spiro atoms. The van der Waals surface area contributed by atoms with Gasteiger partial charge in [-0.25, -0.2) is 0 Å². The summed E-state index contributed by atoms with van der Waals surface area (Å²) >= 11 is 0. The third-order valence-electron chi connectivity index (χ3n) is 3.57. The number of fused-ring (bicyclic) bond motifs is 1. The predicted octanol–water partition coefficient (Wildman–Crippen LogP) is 0.182. The Morgan fingerprint density at radius 3 is 2.95 bits per heavy atom. The number of aliphatic hydroxyl groups excluding tert-OH is 1. The molecule has 0 aromatic heterocycles. The lowest BCUT2D eigenvalue weighted by atomic mass is 10.0. The Bertz CT molecular complexity index is 333. The molecule has 0 aromatic rings. The first kappa shape index (κ1) is 14.7. The minimum Gasteiger partial charge on any atom is -0.466 e.